The highest BCUT2D eigenvalue weighted by molar-refractivity contribution is 6.32. The number of hydrogen-bond acceptors (Lipinski definition) is 4. The van der Waals surface area contributed by atoms with E-state index >= 15 is 0 Å². The molecule has 1 fully saturated rings. The normalized spacial score (nSPS) is 16.6. The number of hydrogen-bond donors (Lipinski definition) is 2. The summed E-state index contributed by atoms with van der Waals surface area (Å²) in [7, 11) is 1.47. The summed E-state index contributed by atoms with van der Waals surface area (Å²) >= 11 is 5.93. The van der Waals surface area contributed by atoms with Crippen LogP contribution in [-0.4, -0.2) is 43.9 Å². The van der Waals surface area contributed by atoms with Gasteiger partial charge in [-0.15, -0.1) is 0 Å². The molecule has 7 heteroatoms. The zero-order valence-corrected chi connectivity index (χ0v) is 13.6. The number of rotatable bonds is 6. The summed E-state index contributed by atoms with van der Waals surface area (Å²) < 4.78 is 10.3. The van der Waals surface area contributed by atoms with E-state index < -0.39 is 11.9 Å². The Morgan fingerprint density at radius 2 is 2.13 bits per heavy atom. The smallest absolute Gasteiger partial charge is 0.308 e. The average molecular weight is 342 g/mol. The Morgan fingerprint density at radius 3 is 2.74 bits per heavy atom. The monoisotopic (exact) mass is 341 g/mol. The van der Waals surface area contributed by atoms with E-state index in [1.807, 2.05) is 0 Å². The van der Waals surface area contributed by atoms with Crippen molar-refractivity contribution in [2.75, 3.05) is 26.9 Å². The maximum atomic E-state index is 12.2. The van der Waals surface area contributed by atoms with Gasteiger partial charge in [-0.1, -0.05) is 11.6 Å². The quantitative estimate of drug-likeness (QED) is 0.828. The molecule has 1 amide bonds. The number of carboxylic acid groups (broad SMARTS) is 1. The van der Waals surface area contributed by atoms with Gasteiger partial charge in [-0.05, 0) is 37.0 Å². The molecule has 0 radical (unpaired) electrons. The molecule has 23 heavy (non-hydrogen) atoms. The number of nitrogens with one attached hydrogen (secondary N) is 1. The summed E-state index contributed by atoms with van der Waals surface area (Å²) in [6.45, 7) is 1.22. The maximum absolute atomic E-state index is 12.2. The van der Waals surface area contributed by atoms with Crippen molar-refractivity contribution in [3.8, 4) is 5.75 Å². The molecule has 2 N–H and O–H groups in total. The zero-order valence-electron chi connectivity index (χ0n) is 12.9. The highest BCUT2D eigenvalue weighted by Gasteiger charge is 2.30. The second kappa shape index (κ2) is 8.17. The summed E-state index contributed by atoms with van der Waals surface area (Å²) in [6.07, 6.45) is 1.39. The van der Waals surface area contributed by atoms with Gasteiger partial charge in [-0.25, -0.2) is 0 Å². The van der Waals surface area contributed by atoms with Crippen LogP contribution in [0.1, 0.15) is 23.2 Å². The van der Waals surface area contributed by atoms with E-state index in [1.54, 1.807) is 12.1 Å². The van der Waals surface area contributed by atoms with Gasteiger partial charge in [0.1, 0.15) is 5.75 Å². The number of aliphatic carboxylic acids is 1. The lowest BCUT2D eigenvalue weighted by atomic mass is 9.86. The molecule has 1 aromatic rings. The van der Waals surface area contributed by atoms with Crippen molar-refractivity contribution in [3.05, 3.63) is 28.8 Å². The minimum absolute atomic E-state index is 0.0151. The SMILES string of the molecule is COc1cc(C(=O)NCC(C(=O)O)C2CCOCC2)ccc1Cl. The predicted molar refractivity (Wildman–Crippen MR) is 85.0 cm³/mol. The fraction of sp³-hybridized carbons (Fsp3) is 0.500. The third-order valence-corrected chi connectivity index (χ3v) is 4.36. The Hall–Kier alpha value is -1.79. The second-order valence-electron chi connectivity index (χ2n) is 5.45. The molecule has 2 rings (SSSR count). The van der Waals surface area contributed by atoms with Crippen molar-refractivity contribution < 1.29 is 24.2 Å². The van der Waals surface area contributed by atoms with E-state index in [4.69, 9.17) is 21.1 Å². The van der Waals surface area contributed by atoms with Crippen molar-refractivity contribution in [2.24, 2.45) is 11.8 Å². The Labute approximate surface area is 139 Å². The predicted octanol–water partition coefficient (Wildman–Crippen LogP) is 2.21. The first-order valence-electron chi connectivity index (χ1n) is 7.45. The van der Waals surface area contributed by atoms with E-state index in [1.165, 1.54) is 13.2 Å². The summed E-state index contributed by atoms with van der Waals surface area (Å²) in [4.78, 5) is 23.7. The third-order valence-electron chi connectivity index (χ3n) is 4.05. The fourth-order valence-electron chi connectivity index (χ4n) is 2.68. The number of benzene rings is 1. The topological polar surface area (TPSA) is 84.9 Å². The van der Waals surface area contributed by atoms with Gasteiger partial charge in [0.25, 0.3) is 5.91 Å². The molecule has 6 nitrogen and oxygen atoms in total. The summed E-state index contributed by atoms with van der Waals surface area (Å²) in [6, 6.07) is 4.68. The van der Waals surface area contributed by atoms with Crippen molar-refractivity contribution >= 4 is 23.5 Å². The van der Waals surface area contributed by atoms with Gasteiger partial charge < -0.3 is 19.9 Å². The Morgan fingerprint density at radius 1 is 1.43 bits per heavy atom. The van der Waals surface area contributed by atoms with Gasteiger partial charge in [0.15, 0.2) is 0 Å². The van der Waals surface area contributed by atoms with Crippen LogP contribution >= 0.6 is 11.6 Å². The van der Waals surface area contributed by atoms with Gasteiger partial charge in [0, 0.05) is 25.3 Å². The first kappa shape index (κ1) is 17.6. The Kier molecular flexibility index (Phi) is 6.24. The molecule has 0 spiro atoms. The van der Waals surface area contributed by atoms with Crippen LogP contribution in [0.15, 0.2) is 18.2 Å². The van der Waals surface area contributed by atoms with Gasteiger partial charge >= 0.3 is 5.97 Å². The van der Waals surface area contributed by atoms with Crippen LogP contribution in [0.4, 0.5) is 0 Å². The maximum Gasteiger partial charge on any atom is 0.308 e. The first-order chi connectivity index (χ1) is 11.0. The third kappa shape index (κ3) is 4.59. The van der Waals surface area contributed by atoms with E-state index in [2.05, 4.69) is 5.32 Å². The van der Waals surface area contributed by atoms with E-state index in [0.29, 0.717) is 42.4 Å². The molecule has 0 aromatic heterocycles. The van der Waals surface area contributed by atoms with Crippen molar-refractivity contribution in [1.29, 1.82) is 0 Å². The van der Waals surface area contributed by atoms with Gasteiger partial charge in [-0.2, -0.15) is 0 Å². The lowest BCUT2D eigenvalue weighted by Crippen LogP contribution is -2.39. The summed E-state index contributed by atoms with van der Waals surface area (Å²) in [5.41, 5.74) is 0.377. The van der Waals surface area contributed by atoms with Crippen LogP contribution < -0.4 is 10.1 Å². The van der Waals surface area contributed by atoms with Crippen LogP contribution in [0.25, 0.3) is 0 Å². The molecule has 126 valence electrons. The largest absolute Gasteiger partial charge is 0.495 e. The molecule has 1 aliphatic heterocycles. The highest BCUT2D eigenvalue weighted by Crippen LogP contribution is 2.26. The molecule has 1 aromatic carbocycles. The van der Waals surface area contributed by atoms with Crippen LogP contribution in [-0.2, 0) is 9.53 Å². The van der Waals surface area contributed by atoms with E-state index in [0.717, 1.165) is 0 Å². The Bertz CT molecular complexity index is 572. The lowest BCUT2D eigenvalue weighted by Gasteiger charge is -2.27. The number of carbonyl (C=O) groups is 2. The molecule has 1 aliphatic rings. The number of carboxylic acids is 1. The molecule has 0 saturated carbocycles. The van der Waals surface area contributed by atoms with Crippen molar-refractivity contribution in [3.63, 3.8) is 0 Å². The molecular formula is C16H20ClNO5. The number of carbonyl (C=O) groups excluding carboxylic acids is 1. The van der Waals surface area contributed by atoms with E-state index in [-0.39, 0.29) is 18.4 Å². The minimum Gasteiger partial charge on any atom is -0.495 e. The average Bonchev–Trinajstić information content (AvgIpc) is 2.56. The minimum atomic E-state index is -0.897. The van der Waals surface area contributed by atoms with Crippen LogP contribution in [0, 0.1) is 11.8 Å². The van der Waals surface area contributed by atoms with Crippen LogP contribution in [0.2, 0.25) is 5.02 Å². The van der Waals surface area contributed by atoms with Crippen molar-refractivity contribution in [2.45, 2.75) is 12.8 Å². The first-order valence-corrected chi connectivity index (χ1v) is 7.83. The number of ether oxygens (including phenoxy) is 2. The van der Waals surface area contributed by atoms with Crippen LogP contribution in [0.3, 0.4) is 0 Å². The van der Waals surface area contributed by atoms with Gasteiger partial charge in [0.2, 0.25) is 0 Å². The number of amides is 1. The van der Waals surface area contributed by atoms with Crippen LogP contribution in [0.5, 0.6) is 5.75 Å². The second-order valence-corrected chi connectivity index (χ2v) is 5.86. The standard InChI is InChI=1S/C16H20ClNO5/c1-22-14-8-11(2-3-13(14)17)15(19)18-9-12(16(20)21)10-4-6-23-7-5-10/h2-3,8,10,12H,4-7,9H2,1H3,(H,18,19)(H,20,21). The molecule has 1 atom stereocenters. The fourth-order valence-corrected chi connectivity index (χ4v) is 2.87. The number of methoxy groups -OCH3 is 1. The summed E-state index contributed by atoms with van der Waals surface area (Å²) in [5.74, 6) is -1.44. The highest BCUT2D eigenvalue weighted by atomic mass is 35.5. The molecule has 0 bridgehead atoms. The van der Waals surface area contributed by atoms with Gasteiger partial charge in [0.05, 0.1) is 18.1 Å². The molecule has 1 heterocycles. The summed E-state index contributed by atoms with van der Waals surface area (Å²) in [5, 5.41) is 12.5. The molecule has 0 aliphatic carbocycles. The molecule has 1 unspecified atom stereocenters. The van der Waals surface area contributed by atoms with E-state index in [9.17, 15) is 14.7 Å². The number of halogens is 1. The van der Waals surface area contributed by atoms with Gasteiger partial charge in [-0.3, -0.25) is 9.59 Å². The van der Waals surface area contributed by atoms with Crippen molar-refractivity contribution in [1.82, 2.24) is 5.32 Å². The molecular weight excluding hydrogens is 322 g/mol. The Balaban J connectivity index is 1.99. The lowest BCUT2D eigenvalue weighted by molar-refractivity contribution is -0.144. The zero-order chi connectivity index (χ0) is 16.8. The molecule has 1 saturated heterocycles.